The number of nitriles is 1. The van der Waals surface area contributed by atoms with E-state index in [4.69, 9.17) is 5.26 Å². The maximum Gasteiger partial charge on any atom is 0.334 e. The van der Waals surface area contributed by atoms with Crippen LogP contribution in [0.2, 0.25) is 0 Å². The number of hydrogen-bond acceptors (Lipinski definition) is 4. The van der Waals surface area contributed by atoms with Gasteiger partial charge in [0.15, 0.2) is 0 Å². The van der Waals surface area contributed by atoms with Gasteiger partial charge in [0.2, 0.25) is 11.8 Å². The Hall–Kier alpha value is -2.68. The second kappa shape index (κ2) is 5.53. The molecule has 0 N–H and O–H groups in total. The predicted molar refractivity (Wildman–Crippen MR) is 68.9 cm³/mol. The van der Waals surface area contributed by atoms with Crippen LogP contribution in [0, 0.1) is 11.3 Å². The molecule has 1 aliphatic rings. The molecule has 6 heteroatoms. The summed E-state index contributed by atoms with van der Waals surface area (Å²) in [7, 11) is 0. The number of nitrogens with zero attached hydrogens (tertiary/aromatic N) is 3. The summed E-state index contributed by atoms with van der Waals surface area (Å²) in [6.07, 6.45) is -0.384. The molecule has 0 bridgehead atoms. The van der Waals surface area contributed by atoms with Crippen LogP contribution in [0.5, 0.6) is 0 Å². The molecule has 0 saturated carbocycles. The van der Waals surface area contributed by atoms with Crippen LogP contribution in [-0.4, -0.2) is 33.7 Å². The van der Waals surface area contributed by atoms with E-state index in [0.717, 1.165) is 15.4 Å². The minimum absolute atomic E-state index is 0.0977. The number of carbonyl (C=O) groups excluding carboxylic acids is 3. The highest BCUT2D eigenvalue weighted by molar-refractivity contribution is 6.14. The summed E-state index contributed by atoms with van der Waals surface area (Å²) in [4.78, 5) is 37.6. The van der Waals surface area contributed by atoms with Crippen molar-refractivity contribution in [2.75, 3.05) is 0 Å². The summed E-state index contributed by atoms with van der Waals surface area (Å²) in [5.41, 5.74) is 0.785. The van der Waals surface area contributed by atoms with Crippen LogP contribution in [0.3, 0.4) is 0 Å². The number of rotatable bonds is 3. The molecule has 6 nitrogen and oxygen atoms in total. The molecule has 0 aromatic heterocycles. The van der Waals surface area contributed by atoms with Crippen molar-refractivity contribution in [2.24, 2.45) is 0 Å². The Labute approximate surface area is 116 Å². The van der Waals surface area contributed by atoms with Gasteiger partial charge < -0.3 is 0 Å². The molecule has 0 radical (unpaired) electrons. The SMILES string of the molecule is CC(C#N)N1C(=O)CC(=O)N(Cc2ccccc2)C1=O. The molecule has 1 aliphatic heterocycles. The van der Waals surface area contributed by atoms with E-state index in [2.05, 4.69) is 0 Å². The molecule has 0 aliphatic carbocycles. The van der Waals surface area contributed by atoms with Crippen molar-refractivity contribution in [3.8, 4) is 6.07 Å². The third-order valence-electron chi connectivity index (χ3n) is 3.07. The zero-order valence-electron chi connectivity index (χ0n) is 10.9. The molecule has 1 fully saturated rings. The predicted octanol–water partition coefficient (Wildman–Crippen LogP) is 1.28. The third-order valence-corrected chi connectivity index (χ3v) is 3.07. The van der Waals surface area contributed by atoms with Gasteiger partial charge in [-0.2, -0.15) is 5.26 Å². The van der Waals surface area contributed by atoms with Gasteiger partial charge in [-0.25, -0.2) is 9.69 Å². The van der Waals surface area contributed by atoms with Crippen LogP contribution in [-0.2, 0) is 16.1 Å². The maximum absolute atomic E-state index is 12.2. The molecule has 1 saturated heterocycles. The number of barbiturate groups is 1. The second-order valence-corrected chi connectivity index (χ2v) is 4.49. The minimum atomic E-state index is -0.888. The fourth-order valence-electron chi connectivity index (χ4n) is 2.01. The van der Waals surface area contributed by atoms with E-state index in [-0.39, 0.29) is 13.0 Å². The average molecular weight is 271 g/mol. The number of carbonyl (C=O) groups is 3. The first-order valence-electron chi connectivity index (χ1n) is 6.14. The zero-order valence-corrected chi connectivity index (χ0v) is 10.9. The summed E-state index contributed by atoms with van der Waals surface area (Å²) in [5.74, 6) is -1.16. The molecule has 2 rings (SSSR count). The van der Waals surface area contributed by atoms with Gasteiger partial charge in [0.05, 0.1) is 12.6 Å². The molecule has 102 valence electrons. The van der Waals surface area contributed by atoms with Crippen molar-refractivity contribution in [1.29, 1.82) is 5.26 Å². The minimum Gasteiger partial charge on any atom is -0.274 e. The standard InChI is InChI=1S/C14H13N3O3/c1-10(8-15)17-13(19)7-12(18)16(14(17)20)9-11-5-3-2-4-6-11/h2-6,10H,7,9H2,1H3. The summed E-state index contributed by atoms with van der Waals surface area (Å²) in [5, 5.41) is 8.86. The summed E-state index contributed by atoms with van der Waals surface area (Å²) < 4.78 is 0. The van der Waals surface area contributed by atoms with E-state index in [1.165, 1.54) is 6.92 Å². The van der Waals surface area contributed by atoms with Crippen molar-refractivity contribution in [2.45, 2.75) is 25.9 Å². The Morgan fingerprint density at radius 3 is 2.45 bits per heavy atom. The molecule has 1 unspecified atom stereocenters. The smallest absolute Gasteiger partial charge is 0.274 e. The lowest BCUT2D eigenvalue weighted by molar-refractivity contribution is -0.143. The van der Waals surface area contributed by atoms with Crippen molar-refractivity contribution < 1.29 is 14.4 Å². The van der Waals surface area contributed by atoms with Crippen LogP contribution in [0.15, 0.2) is 30.3 Å². The molecule has 20 heavy (non-hydrogen) atoms. The number of amides is 4. The van der Waals surface area contributed by atoms with Crippen molar-refractivity contribution >= 4 is 17.8 Å². The highest BCUT2D eigenvalue weighted by Crippen LogP contribution is 2.17. The largest absolute Gasteiger partial charge is 0.334 e. The van der Waals surface area contributed by atoms with E-state index < -0.39 is 23.9 Å². The van der Waals surface area contributed by atoms with Crippen LogP contribution in [0.4, 0.5) is 4.79 Å². The number of imide groups is 2. The number of benzene rings is 1. The van der Waals surface area contributed by atoms with Gasteiger partial charge in [-0.3, -0.25) is 14.5 Å². The molecule has 1 aromatic carbocycles. The van der Waals surface area contributed by atoms with Crippen molar-refractivity contribution in [3.05, 3.63) is 35.9 Å². The van der Waals surface area contributed by atoms with Crippen LogP contribution in [0.25, 0.3) is 0 Å². The number of urea groups is 1. The number of hydrogen-bond donors (Lipinski definition) is 0. The lowest BCUT2D eigenvalue weighted by atomic mass is 10.1. The fourth-order valence-corrected chi connectivity index (χ4v) is 2.01. The quantitative estimate of drug-likeness (QED) is 0.775. The summed E-state index contributed by atoms with van der Waals surface area (Å²) in [6.45, 7) is 1.55. The topological polar surface area (TPSA) is 81.5 Å². The molecular weight excluding hydrogens is 258 g/mol. The second-order valence-electron chi connectivity index (χ2n) is 4.49. The van der Waals surface area contributed by atoms with Crippen LogP contribution in [0.1, 0.15) is 18.9 Å². The lowest BCUT2D eigenvalue weighted by Gasteiger charge is -2.33. The van der Waals surface area contributed by atoms with Gasteiger partial charge >= 0.3 is 6.03 Å². The normalized spacial score (nSPS) is 17.1. The summed E-state index contributed by atoms with van der Waals surface area (Å²) in [6, 6.07) is 9.23. The van der Waals surface area contributed by atoms with Gasteiger partial charge in [0, 0.05) is 0 Å². The Kier molecular flexibility index (Phi) is 3.80. The van der Waals surface area contributed by atoms with Gasteiger partial charge in [-0.05, 0) is 12.5 Å². The van der Waals surface area contributed by atoms with Gasteiger partial charge in [-0.15, -0.1) is 0 Å². The maximum atomic E-state index is 12.2. The molecule has 4 amide bonds. The Balaban J connectivity index is 2.24. The Morgan fingerprint density at radius 1 is 1.20 bits per heavy atom. The molecule has 1 heterocycles. The third kappa shape index (κ3) is 2.52. The molecular formula is C14H13N3O3. The van der Waals surface area contributed by atoms with Gasteiger partial charge in [-0.1, -0.05) is 30.3 Å². The Bertz CT molecular complexity index is 591. The highest BCUT2D eigenvalue weighted by atomic mass is 16.2. The average Bonchev–Trinajstić information content (AvgIpc) is 2.44. The van der Waals surface area contributed by atoms with Crippen molar-refractivity contribution in [3.63, 3.8) is 0 Å². The Morgan fingerprint density at radius 2 is 1.85 bits per heavy atom. The highest BCUT2D eigenvalue weighted by Gasteiger charge is 2.40. The molecule has 1 atom stereocenters. The lowest BCUT2D eigenvalue weighted by Crippen LogP contribution is -2.57. The first-order chi connectivity index (χ1) is 9.54. The fraction of sp³-hybridized carbons (Fsp3) is 0.286. The molecule has 0 spiro atoms. The summed E-state index contributed by atoms with van der Waals surface area (Å²) >= 11 is 0. The monoisotopic (exact) mass is 271 g/mol. The van der Waals surface area contributed by atoms with E-state index in [9.17, 15) is 14.4 Å². The first-order valence-corrected chi connectivity index (χ1v) is 6.14. The van der Waals surface area contributed by atoms with Crippen LogP contribution >= 0.6 is 0 Å². The van der Waals surface area contributed by atoms with E-state index in [0.29, 0.717) is 0 Å². The zero-order chi connectivity index (χ0) is 14.7. The first kappa shape index (κ1) is 13.7. The molecule has 1 aromatic rings. The van der Waals surface area contributed by atoms with Gasteiger partial charge in [0.25, 0.3) is 0 Å². The van der Waals surface area contributed by atoms with Gasteiger partial charge in [0.1, 0.15) is 12.5 Å². The van der Waals surface area contributed by atoms with Crippen LogP contribution < -0.4 is 0 Å². The van der Waals surface area contributed by atoms with E-state index >= 15 is 0 Å². The van der Waals surface area contributed by atoms with Crippen molar-refractivity contribution in [1.82, 2.24) is 9.80 Å². The van der Waals surface area contributed by atoms with E-state index in [1.807, 2.05) is 12.1 Å². The van der Waals surface area contributed by atoms with E-state index in [1.54, 1.807) is 24.3 Å².